The number of anilines is 2. The molecule has 5 rings (SSSR count). The molecule has 6 nitrogen and oxygen atoms in total. The van der Waals surface area contributed by atoms with Crippen LogP contribution in [0.25, 0.3) is 22.4 Å². The average Bonchev–Trinajstić information content (AvgIpc) is 3.29. The molecule has 1 aliphatic heterocycles. The highest BCUT2D eigenvalue weighted by Gasteiger charge is 2.20. The molecule has 0 bridgehead atoms. The molecule has 1 aromatic heterocycles. The van der Waals surface area contributed by atoms with Crippen LogP contribution in [0.1, 0.15) is 12.5 Å². The van der Waals surface area contributed by atoms with Gasteiger partial charge in [-0.25, -0.2) is 4.98 Å². The molecule has 6 heteroatoms. The van der Waals surface area contributed by atoms with Crippen molar-refractivity contribution in [3.05, 3.63) is 72.3 Å². The number of nitrogens with one attached hydrogen (secondary N) is 1. The van der Waals surface area contributed by atoms with Gasteiger partial charge in [0.15, 0.2) is 0 Å². The Kier molecular flexibility index (Phi) is 6.17. The molecule has 1 fully saturated rings. The first-order valence-corrected chi connectivity index (χ1v) is 11.7. The molecule has 0 spiro atoms. The predicted octanol–water partition coefficient (Wildman–Crippen LogP) is 4.58. The lowest BCUT2D eigenvalue weighted by Gasteiger charge is -2.36. The number of para-hydroxylation sites is 1. The zero-order valence-electron chi connectivity index (χ0n) is 19.1. The van der Waals surface area contributed by atoms with E-state index in [4.69, 9.17) is 15.5 Å². The molecule has 1 aliphatic rings. The molecule has 0 unspecified atom stereocenters. The summed E-state index contributed by atoms with van der Waals surface area (Å²) in [6, 6.07) is 22.7. The maximum atomic E-state index is 5.87. The van der Waals surface area contributed by atoms with E-state index in [9.17, 15) is 0 Å². The number of hydrogen-bond acceptors (Lipinski definition) is 5. The molecule has 4 aromatic rings. The van der Waals surface area contributed by atoms with Crippen molar-refractivity contribution >= 4 is 22.4 Å². The van der Waals surface area contributed by atoms with Gasteiger partial charge in [0.1, 0.15) is 23.7 Å². The fraction of sp³-hybridized carbons (Fsp3) is 0.296. The van der Waals surface area contributed by atoms with Crippen LogP contribution in [0.3, 0.4) is 0 Å². The zero-order valence-corrected chi connectivity index (χ0v) is 19.1. The van der Waals surface area contributed by atoms with E-state index in [1.807, 2.05) is 24.3 Å². The van der Waals surface area contributed by atoms with Crippen molar-refractivity contribution in [2.24, 2.45) is 0 Å². The number of ether oxygens (including phenoxy) is 1. The van der Waals surface area contributed by atoms with Crippen LogP contribution in [0.2, 0.25) is 0 Å². The van der Waals surface area contributed by atoms with E-state index in [2.05, 4.69) is 64.2 Å². The Balaban J connectivity index is 1.23. The quantitative estimate of drug-likeness (QED) is 0.411. The Labute approximate surface area is 195 Å². The minimum Gasteiger partial charge on any atom is -0.492 e. The largest absolute Gasteiger partial charge is 0.492 e. The predicted molar refractivity (Wildman–Crippen MR) is 136 cm³/mol. The molecule has 0 atom stereocenters. The molecule has 0 radical (unpaired) electrons. The summed E-state index contributed by atoms with van der Waals surface area (Å²) in [5.74, 6) is 1.77. The van der Waals surface area contributed by atoms with Crippen LogP contribution < -0.4 is 15.4 Å². The number of H-pyrrole nitrogens is 1. The number of imidazole rings is 1. The van der Waals surface area contributed by atoms with E-state index in [0.717, 1.165) is 73.0 Å². The number of rotatable bonds is 7. The van der Waals surface area contributed by atoms with Crippen molar-refractivity contribution in [1.29, 1.82) is 0 Å². The monoisotopic (exact) mass is 441 g/mol. The lowest BCUT2D eigenvalue weighted by molar-refractivity contribution is 0.200. The van der Waals surface area contributed by atoms with Crippen molar-refractivity contribution in [1.82, 2.24) is 14.9 Å². The van der Waals surface area contributed by atoms with Gasteiger partial charge in [0, 0.05) is 50.0 Å². The second-order valence-electron chi connectivity index (χ2n) is 8.56. The molecule has 0 amide bonds. The van der Waals surface area contributed by atoms with E-state index in [1.165, 1.54) is 11.3 Å². The number of nitrogens with two attached hydrogens (primary N) is 1. The molecular weight excluding hydrogens is 410 g/mol. The molecule has 170 valence electrons. The topological polar surface area (TPSA) is 70.4 Å². The van der Waals surface area contributed by atoms with E-state index in [0.29, 0.717) is 6.61 Å². The molecule has 33 heavy (non-hydrogen) atoms. The van der Waals surface area contributed by atoms with Crippen LogP contribution in [-0.2, 0) is 6.42 Å². The lowest BCUT2D eigenvalue weighted by Crippen LogP contribution is -2.47. The fourth-order valence-corrected chi connectivity index (χ4v) is 4.46. The molecule has 1 saturated heterocycles. The highest BCUT2D eigenvalue weighted by atomic mass is 16.5. The van der Waals surface area contributed by atoms with Crippen molar-refractivity contribution in [3.8, 4) is 17.1 Å². The van der Waals surface area contributed by atoms with Gasteiger partial charge in [-0.2, -0.15) is 0 Å². The van der Waals surface area contributed by atoms with Crippen LogP contribution in [0.4, 0.5) is 11.4 Å². The van der Waals surface area contributed by atoms with Gasteiger partial charge >= 0.3 is 0 Å². The number of aromatic amines is 1. The third-order valence-corrected chi connectivity index (χ3v) is 6.35. The smallest absolute Gasteiger partial charge is 0.138 e. The van der Waals surface area contributed by atoms with Crippen molar-refractivity contribution in [2.75, 3.05) is 50.0 Å². The third-order valence-electron chi connectivity index (χ3n) is 6.35. The van der Waals surface area contributed by atoms with Gasteiger partial charge in [-0.1, -0.05) is 37.3 Å². The first-order valence-electron chi connectivity index (χ1n) is 11.7. The Morgan fingerprint density at radius 3 is 2.61 bits per heavy atom. The number of aromatic nitrogens is 2. The molecule has 3 aromatic carbocycles. The second kappa shape index (κ2) is 9.55. The Bertz CT molecular complexity index is 1230. The summed E-state index contributed by atoms with van der Waals surface area (Å²) in [5, 5.41) is 0. The number of aryl methyl sites for hydroxylation is 1. The number of benzene rings is 3. The van der Waals surface area contributed by atoms with Crippen LogP contribution in [0, 0.1) is 0 Å². The number of nitrogens with zero attached hydrogens (tertiary/aromatic N) is 3. The summed E-state index contributed by atoms with van der Waals surface area (Å²) in [6.07, 6.45) is 1.02. The maximum absolute atomic E-state index is 5.87. The van der Waals surface area contributed by atoms with Gasteiger partial charge in [-0.15, -0.1) is 0 Å². The normalized spacial score (nSPS) is 14.6. The van der Waals surface area contributed by atoms with Gasteiger partial charge in [-0.05, 0) is 42.3 Å². The Hall–Kier alpha value is -3.51. The van der Waals surface area contributed by atoms with Crippen LogP contribution in [-0.4, -0.2) is 54.2 Å². The van der Waals surface area contributed by atoms with Crippen LogP contribution >= 0.6 is 0 Å². The second-order valence-corrected chi connectivity index (χ2v) is 8.56. The van der Waals surface area contributed by atoms with Gasteiger partial charge in [0.2, 0.25) is 0 Å². The van der Waals surface area contributed by atoms with Crippen molar-refractivity contribution in [2.45, 2.75) is 13.3 Å². The van der Waals surface area contributed by atoms with Gasteiger partial charge in [-0.3, -0.25) is 4.90 Å². The van der Waals surface area contributed by atoms with Crippen LogP contribution in [0.15, 0.2) is 66.7 Å². The molecule has 0 aliphatic carbocycles. The van der Waals surface area contributed by atoms with Crippen molar-refractivity contribution < 1.29 is 4.74 Å². The third kappa shape index (κ3) is 4.81. The summed E-state index contributed by atoms with van der Waals surface area (Å²) in [7, 11) is 0. The minimum atomic E-state index is 0.665. The molecular formula is C27H31N5O. The van der Waals surface area contributed by atoms with Crippen LogP contribution in [0.5, 0.6) is 5.75 Å². The van der Waals surface area contributed by atoms with Gasteiger partial charge in [0.25, 0.3) is 0 Å². The fourth-order valence-electron chi connectivity index (χ4n) is 4.46. The van der Waals surface area contributed by atoms with E-state index >= 15 is 0 Å². The van der Waals surface area contributed by atoms with Gasteiger partial charge in [0.05, 0.1) is 11.2 Å². The summed E-state index contributed by atoms with van der Waals surface area (Å²) in [4.78, 5) is 13.4. The standard InChI is InChI=1S/C27H31N5O/c1-2-20-6-3-7-21(18-20)27-29-24-10-5-11-25(26(24)30-27)32-14-12-31(13-15-32)16-17-33-23-9-4-8-22(28)19-23/h3-11,18-19H,2,12-17,28H2,1H3,(H,29,30). The Morgan fingerprint density at radius 2 is 1.79 bits per heavy atom. The van der Waals surface area contributed by atoms with E-state index in [1.54, 1.807) is 0 Å². The summed E-state index contributed by atoms with van der Waals surface area (Å²) >= 11 is 0. The minimum absolute atomic E-state index is 0.665. The highest BCUT2D eigenvalue weighted by Crippen LogP contribution is 2.29. The molecule has 2 heterocycles. The zero-order chi connectivity index (χ0) is 22.6. The number of nitrogen functional groups attached to an aromatic ring is 1. The lowest BCUT2D eigenvalue weighted by atomic mass is 10.1. The summed E-state index contributed by atoms with van der Waals surface area (Å²) in [6.45, 7) is 7.72. The SMILES string of the molecule is CCc1cccc(-c2nc3c(N4CCN(CCOc5cccc(N)c5)CC4)cccc3[nH]2)c1. The Morgan fingerprint density at radius 1 is 0.970 bits per heavy atom. The van der Waals surface area contributed by atoms with E-state index < -0.39 is 0 Å². The van der Waals surface area contributed by atoms with E-state index in [-0.39, 0.29) is 0 Å². The van der Waals surface area contributed by atoms with Crippen molar-refractivity contribution in [3.63, 3.8) is 0 Å². The molecule has 3 N–H and O–H groups in total. The molecule has 0 saturated carbocycles. The first-order chi connectivity index (χ1) is 16.2. The average molecular weight is 442 g/mol. The number of piperazine rings is 1. The summed E-state index contributed by atoms with van der Waals surface area (Å²) in [5.41, 5.74) is 12.4. The summed E-state index contributed by atoms with van der Waals surface area (Å²) < 4.78 is 5.87. The highest BCUT2D eigenvalue weighted by molar-refractivity contribution is 5.91. The number of hydrogen-bond donors (Lipinski definition) is 2. The maximum Gasteiger partial charge on any atom is 0.138 e. The number of fused-ring (bicyclic) bond motifs is 1. The van der Waals surface area contributed by atoms with Gasteiger partial charge < -0.3 is 20.4 Å². The first kappa shape index (κ1) is 21.3.